The van der Waals surface area contributed by atoms with Gasteiger partial charge >= 0.3 is 11.9 Å². The smallest absolute Gasteiger partial charge is 0.317 e. The number of carboxylic acids is 2. The molecular formula is C11H19NO5. The van der Waals surface area contributed by atoms with Crippen molar-refractivity contribution in [1.29, 1.82) is 0 Å². The molecule has 2 N–H and O–H groups in total. The Morgan fingerprint density at radius 1 is 1.24 bits per heavy atom. The third kappa shape index (κ3) is 6.23. The molecule has 0 saturated carbocycles. The van der Waals surface area contributed by atoms with E-state index in [-0.39, 0.29) is 19.2 Å². The van der Waals surface area contributed by atoms with Gasteiger partial charge in [0.1, 0.15) is 0 Å². The number of ether oxygens (including phenoxy) is 1. The Kier molecular flexibility index (Phi) is 5.93. The van der Waals surface area contributed by atoms with Crippen LogP contribution >= 0.6 is 0 Å². The van der Waals surface area contributed by atoms with E-state index in [9.17, 15) is 9.59 Å². The van der Waals surface area contributed by atoms with Gasteiger partial charge in [-0.15, -0.1) is 0 Å². The van der Waals surface area contributed by atoms with Crippen molar-refractivity contribution in [1.82, 2.24) is 4.90 Å². The van der Waals surface area contributed by atoms with Crippen LogP contribution in [0.5, 0.6) is 0 Å². The Labute approximate surface area is 100 Å². The second kappa shape index (κ2) is 7.24. The van der Waals surface area contributed by atoms with Crippen LogP contribution in [0.3, 0.4) is 0 Å². The molecule has 0 aromatic rings. The molecule has 6 heteroatoms. The summed E-state index contributed by atoms with van der Waals surface area (Å²) >= 11 is 0. The lowest BCUT2D eigenvalue weighted by Gasteiger charge is -2.18. The SMILES string of the molecule is O=C(O)CN(CCCC1CCCO1)CC(=O)O. The minimum Gasteiger partial charge on any atom is -0.480 e. The summed E-state index contributed by atoms with van der Waals surface area (Å²) in [6, 6.07) is 0. The fraction of sp³-hybridized carbons (Fsp3) is 0.818. The molecule has 0 aromatic heterocycles. The van der Waals surface area contributed by atoms with Crippen molar-refractivity contribution in [3.63, 3.8) is 0 Å². The van der Waals surface area contributed by atoms with Gasteiger partial charge in [-0.25, -0.2) is 0 Å². The topological polar surface area (TPSA) is 87.1 Å². The van der Waals surface area contributed by atoms with E-state index in [0.29, 0.717) is 6.54 Å². The lowest BCUT2D eigenvalue weighted by atomic mass is 10.1. The first-order valence-corrected chi connectivity index (χ1v) is 5.85. The zero-order chi connectivity index (χ0) is 12.7. The molecular weight excluding hydrogens is 226 g/mol. The van der Waals surface area contributed by atoms with Crippen molar-refractivity contribution < 1.29 is 24.5 Å². The van der Waals surface area contributed by atoms with E-state index < -0.39 is 11.9 Å². The average Bonchev–Trinajstić information content (AvgIpc) is 2.68. The van der Waals surface area contributed by atoms with Crippen LogP contribution in [0.25, 0.3) is 0 Å². The van der Waals surface area contributed by atoms with Crippen molar-refractivity contribution in [3.8, 4) is 0 Å². The number of hydrogen-bond acceptors (Lipinski definition) is 4. The minimum absolute atomic E-state index is 0.224. The lowest BCUT2D eigenvalue weighted by Crippen LogP contribution is -2.35. The first-order valence-electron chi connectivity index (χ1n) is 5.85. The van der Waals surface area contributed by atoms with Gasteiger partial charge in [0.25, 0.3) is 0 Å². The summed E-state index contributed by atoms with van der Waals surface area (Å²) in [7, 11) is 0. The molecule has 1 heterocycles. The van der Waals surface area contributed by atoms with Gasteiger partial charge in [-0.1, -0.05) is 0 Å². The summed E-state index contributed by atoms with van der Waals surface area (Å²) in [5.41, 5.74) is 0. The second-order valence-electron chi connectivity index (χ2n) is 4.28. The molecule has 1 unspecified atom stereocenters. The number of nitrogens with zero attached hydrogens (tertiary/aromatic N) is 1. The molecule has 0 spiro atoms. The third-order valence-corrected chi connectivity index (χ3v) is 2.74. The Bertz CT molecular complexity index is 247. The number of carboxylic acid groups (broad SMARTS) is 2. The lowest BCUT2D eigenvalue weighted by molar-refractivity contribution is -0.141. The second-order valence-corrected chi connectivity index (χ2v) is 4.28. The maximum Gasteiger partial charge on any atom is 0.317 e. The summed E-state index contributed by atoms with van der Waals surface area (Å²) in [4.78, 5) is 22.5. The molecule has 98 valence electrons. The third-order valence-electron chi connectivity index (χ3n) is 2.74. The summed E-state index contributed by atoms with van der Waals surface area (Å²) in [5, 5.41) is 17.3. The molecule has 6 nitrogen and oxygen atoms in total. The monoisotopic (exact) mass is 245 g/mol. The van der Waals surface area contributed by atoms with E-state index in [2.05, 4.69) is 0 Å². The number of carbonyl (C=O) groups is 2. The van der Waals surface area contributed by atoms with Gasteiger partial charge in [0.15, 0.2) is 0 Å². The summed E-state index contributed by atoms with van der Waals surface area (Å²) in [6.45, 7) is 0.840. The van der Waals surface area contributed by atoms with Crippen LogP contribution in [0, 0.1) is 0 Å². The van der Waals surface area contributed by atoms with Crippen molar-refractivity contribution in [3.05, 3.63) is 0 Å². The highest BCUT2D eigenvalue weighted by atomic mass is 16.5. The van der Waals surface area contributed by atoms with Gasteiger partial charge in [-0.05, 0) is 32.2 Å². The highest BCUT2D eigenvalue weighted by Crippen LogP contribution is 2.16. The average molecular weight is 245 g/mol. The first-order chi connectivity index (χ1) is 8.08. The van der Waals surface area contributed by atoms with Crippen LogP contribution in [0.2, 0.25) is 0 Å². The minimum atomic E-state index is -0.997. The standard InChI is InChI=1S/C11H19NO5/c13-10(14)7-12(8-11(15)16)5-1-3-9-4-2-6-17-9/h9H,1-8H2,(H,13,14)(H,15,16). The largest absolute Gasteiger partial charge is 0.480 e. The Morgan fingerprint density at radius 2 is 1.88 bits per heavy atom. The van der Waals surface area contributed by atoms with Gasteiger partial charge in [0.05, 0.1) is 19.2 Å². The normalized spacial score (nSPS) is 19.7. The fourth-order valence-electron chi connectivity index (χ4n) is 2.01. The van der Waals surface area contributed by atoms with Gasteiger partial charge in [0.2, 0.25) is 0 Å². The molecule has 0 aliphatic carbocycles. The van der Waals surface area contributed by atoms with E-state index in [1.165, 1.54) is 4.90 Å². The number of aliphatic carboxylic acids is 2. The van der Waals surface area contributed by atoms with E-state index in [4.69, 9.17) is 14.9 Å². The Morgan fingerprint density at radius 3 is 2.35 bits per heavy atom. The van der Waals surface area contributed by atoms with Crippen molar-refractivity contribution in [2.75, 3.05) is 26.2 Å². The molecule has 0 aromatic carbocycles. The Balaban J connectivity index is 2.21. The molecule has 1 fully saturated rings. The van der Waals surface area contributed by atoms with E-state index in [1.54, 1.807) is 0 Å². The van der Waals surface area contributed by atoms with Crippen molar-refractivity contribution in [2.45, 2.75) is 31.8 Å². The van der Waals surface area contributed by atoms with E-state index in [1.807, 2.05) is 0 Å². The highest BCUT2D eigenvalue weighted by Gasteiger charge is 2.17. The molecule has 17 heavy (non-hydrogen) atoms. The zero-order valence-electron chi connectivity index (χ0n) is 9.80. The Hall–Kier alpha value is -1.14. The van der Waals surface area contributed by atoms with Gasteiger partial charge < -0.3 is 14.9 Å². The molecule has 0 radical (unpaired) electrons. The predicted octanol–water partition coefficient (Wildman–Crippen LogP) is 0.417. The van der Waals surface area contributed by atoms with Crippen LogP contribution < -0.4 is 0 Å². The highest BCUT2D eigenvalue weighted by molar-refractivity contribution is 5.72. The van der Waals surface area contributed by atoms with Crippen molar-refractivity contribution >= 4 is 11.9 Å². The van der Waals surface area contributed by atoms with Gasteiger partial charge in [-0.2, -0.15) is 0 Å². The molecule has 1 rings (SSSR count). The van der Waals surface area contributed by atoms with E-state index >= 15 is 0 Å². The van der Waals surface area contributed by atoms with Crippen LogP contribution in [0.1, 0.15) is 25.7 Å². The van der Waals surface area contributed by atoms with E-state index in [0.717, 1.165) is 32.3 Å². The molecule has 1 aliphatic heterocycles. The molecule has 1 aliphatic rings. The summed E-state index contributed by atoms with van der Waals surface area (Å²) < 4.78 is 5.45. The molecule has 0 bridgehead atoms. The molecule has 1 atom stereocenters. The van der Waals surface area contributed by atoms with Crippen LogP contribution in [0.15, 0.2) is 0 Å². The quantitative estimate of drug-likeness (QED) is 0.644. The summed E-state index contributed by atoms with van der Waals surface area (Å²) in [5.74, 6) is -1.99. The van der Waals surface area contributed by atoms with Crippen molar-refractivity contribution in [2.24, 2.45) is 0 Å². The van der Waals surface area contributed by atoms with Gasteiger partial charge in [0, 0.05) is 6.61 Å². The summed E-state index contributed by atoms with van der Waals surface area (Å²) in [6.07, 6.45) is 4.05. The number of rotatable bonds is 8. The predicted molar refractivity (Wildman–Crippen MR) is 59.9 cm³/mol. The molecule has 1 saturated heterocycles. The van der Waals surface area contributed by atoms with Crippen LogP contribution in [-0.4, -0.2) is 59.4 Å². The van der Waals surface area contributed by atoms with Gasteiger partial charge in [-0.3, -0.25) is 14.5 Å². The molecule has 0 amide bonds. The fourth-order valence-corrected chi connectivity index (χ4v) is 2.01. The first kappa shape index (κ1) is 13.9. The van der Waals surface area contributed by atoms with Crippen LogP contribution in [-0.2, 0) is 14.3 Å². The van der Waals surface area contributed by atoms with Crippen LogP contribution in [0.4, 0.5) is 0 Å². The maximum absolute atomic E-state index is 10.6. The zero-order valence-corrected chi connectivity index (χ0v) is 9.80. The number of hydrogen-bond donors (Lipinski definition) is 2. The maximum atomic E-state index is 10.6.